The second kappa shape index (κ2) is 7.51. The van der Waals surface area contributed by atoms with Gasteiger partial charge in [0.2, 0.25) is 5.91 Å². The maximum atomic E-state index is 11.6. The summed E-state index contributed by atoms with van der Waals surface area (Å²) in [6.45, 7) is 0. The quantitative estimate of drug-likeness (QED) is 0.456. The number of rotatable bonds is 7. The van der Waals surface area contributed by atoms with Crippen LogP contribution >= 0.6 is 12.6 Å². The second-order valence-electron chi connectivity index (χ2n) is 5.03. The Bertz CT molecular complexity index is 674. The van der Waals surface area contributed by atoms with Crippen LogP contribution in [0.1, 0.15) is 12.0 Å². The normalized spacial score (nSPS) is 13.7. The number of carboxylic acids is 1. The molecule has 115 valence electrons. The Morgan fingerprint density at radius 2 is 2.09 bits per heavy atom. The minimum absolute atomic E-state index is 0.222. The van der Waals surface area contributed by atoms with Crippen molar-refractivity contribution in [2.24, 2.45) is 5.92 Å². The third-order valence-electron chi connectivity index (χ3n) is 3.49. The summed E-state index contributed by atoms with van der Waals surface area (Å²) in [5, 5.41) is 13.1. The van der Waals surface area contributed by atoms with E-state index in [9.17, 15) is 14.7 Å². The number of para-hydroxylation sites is 1. The van der Waals surface area contributed by atoms with Gasteiger partial charge in [0.05, 0.1) is 16.2 Å². The van der Waals surface area contributed by atoms with Crippen LogP contribution in [0.15, 0.2) is 30.5 Å². The number of aliphatic carboxylic acids is 1. The first-order valence-corrected chi connectivity index (χ1v) is 8.13. The van der Waals surface area contributed by atoms with Crippen molar-refractivity contribution >= 4 is 45.7 Å². The van der Waals surface area contributed by atoms with Crippen molar-refractivity contribution in [3.8, 4) is 0 Å². The van der Waals surface area contributed by atoms with E-state index in [2.05, 4.69) is 33.2 Å². The molecular weight excluding hydrogens is 316 g/mol. The Hall–Kier alpha value is -1.73. The number of aromatic amines is 1. The summed E-state index contributed by atoms with van der Waals surface area (Å²) in [6.07, 6.45) is 2.38. The summed E-state index contributed by atoms with van der Waals surface area (Å²) in [5.41, 5.74) is 1.24. The van der Waals surface area contributed by atoms with Gasteiger partial charge in [-0.25, -0.2) is 0 Å². The molecular formula is C15H17N2O3SSi. The lowest BCUT2D eigenvalue weighted by atomic mass is 9.98. The Kier molecular flexibility index (Phi) is 5.68. The zero-order chi connectivity index (χ0) is 16.1. The van der Waals surface area contributed by atoms with Crippen molar-refractivity contribution in [3.63, 3.8) is 0 Å². The lowest BCUT2D eigenvalue weighted by Gasteiger charge is -2.21. The molecule has 0 aliphatic carbocycles. The Morgan fingerprint density at radius 3 is 2.77 bits per heavy atom. The fourth-order valence-electron chi connectivity index (χ4n) is 2.33. The molecule has 2 atom stereocenters. The lowest BCUT2D eigenvalue weighted by molar-refractivity contribution is -0.142. The van der Waals surface area contributed by atoms with Crippen molar-refractivity contribution in [2.75, 3.05) is 5.75 Å². The van der Waals surface area contributed by atoms with Gasteiger partial charge in [0.1, 0.15) is 0 Å². The van der Waals surface area contributed by atoms with E-state index < -0.39 is 17.6 Å². The van der Waals surface area contributed by atoms with Gasteiger partial charge in [-0.3, -0.25) is 9.59 Å². The number of benzene rings is 1. The highest BCUT2D eigenvalue weighted by molar-refractivity contribution is 7.80. The zero-order valence-corrected chi connectivity index (χ0v) is 13.8. The third-order valence-corrected chi connectivity index (χ3v) is 4.26. The topological polar surface area (TPSA) is 82.2 Å². The predicted octanol–water partition coefficient (Wildman–Crippen LogP) is 1.34. The average Bonchev–Trinajstić information content (AvgIpc) is 2.87. The molecule has 0 spiro atoms. The number of aromatic nitrogens is 1. The molecule has 0 fully saturated rings. The monoisotopic (exact) mass is 333 g/mol. The number of carbonyl (C=O) groups excluding carboxylic acids is 1. The molecule has 1 aromatic heterocycles. The van der Waals surface area contributed by atoms with E-state index in [1.807, 2.05) is 30.5 Å². The van der Waals surface area contributed by atoms with Crippen LogP contribution in [0.4, 0.5) is 0 Å². The number of H-pyrrole nitrogens is 1. The average molecular weight is 333 g/mol. The number of hydrogen-bond donors (Lipinski definition) is 4. The molecule has 0 aliphatic heterocycles. The first kappa shape index (κ1) is 16.6. The molecule has 0 bridgehead atoms. The molecule has 5 nitrogen and oxygen atoms in total. The fourth-order valence-corrected chi connectivity index (χ4v) is 2.96. The molecule has 7 heteroatoms. The lowest BCUT2D eigenvalue weighted by Crippen LogP contribution is -2.44. The van der Waals surface area contributed by atoms with Crippen LogP contribution in [0.25, 0.3) is 10.9 Å². The third kappa shape index (κ3) is 3.92. The molecule has 1 amide bonds. The van der Waals surface area contributed by atoms with Gasteiger partial charge in [-0.1, -0.05) is 18.2 Å². The maximum absolute atomic E-state index is 11.6. The van der Waals surface area contributed by atoms with Crippen molar-refractivity contribution in [3.05, 3.63) is 36.0 Å². The van der Waals surface area contributed by atoms with E-state index in [1.165, 1.54) is 0 Å². The molecule has 1 heterocycles. The smallest absolute Gasteiger partial charge is 0.308 e. The standard InChI is InChI=1S/C15H17N2O3SSi/c18-13(5-6-21)17-14(22)11(15(19)20)7-9-8-16-12-4-2-1-3-10(9)12/h1-4,8,11,14,16,21H,5-7H2,(H,17,18)(H,19,20)/t11-,14?/m1/s1. The molecule has 0 saturated heterocycles. The first-order chi connectivity index (χ1) is 10.5. The number of carbonyl (C=O) groups is 2. The van der Waals surface area contributed by atoms with Crippen LogP contribution in [0.3, 0.4) is 0 Å². The van der Waals surface area contributed by atoms with Crippen molar-refractivity contribution < 1.29 is 14.7 Å². The highest BCUT2D eigenvalue weighted by Crippen LogP contribution is 2.22. The summed E-state index contributed by atoms with van der Waals surface area (Å²) in [6, 6.07) is 7.72. The van der Waals surface area contributed by atoms with E-state index in [0.717, 1.165) is 16.5 Å². The molecule has 3 N–H and O–H groups in total. The van der Waals surface area contributed by atoms with Gasteiger partial charge < -0.3 is 15.4 Å². The van der Waals surface area contributed by atoms with Crippen LogP contribution < -0.4 is 5.32 Å². The second-order valence-corrected chi connectivity index (χ2v) is 6.10. The van der Waals surface area contributed by atoms with Crippen LogP contribution in [0.2, 0.25) is 0 Å². The van der Waals surface area contributed by atoms with E-state index in [1.54, 1.807) is 0 Å². The molecule has 1 aromatic carbocycles. The van der Waals surface area contributed by atoms with Gasteiger partial charge in [-0.15, -0.1) is 0 Å². The minimum atomic E-state index is -0.962. The number of thiol groups is 1. The molecule has 1 unspecified atom stereocenters. The van der Waals surface area contributed by atoms with Gasteiger partial charge in [-0.05, 0) is 23.8 Å². The zero-order valence-electron chi connectivity index (χ0n) is 11.9. The maximum Gasteiger partial charge on any atom is 0.308 e. The van der Waals surface area contributed by atoms with Crippen molar-refractivity contribution in [1.29, 1.82) is 0 Å². The Balaban J connectivity index is 2.15. The molecule has 2 aromatic rings. The van der Waals surface area contributed by atoms with Gasteiger partial charge in [0.15, 0.2) is 0 Å². The number of nitrogens with one attached hydrogen (secondary N) is 2. The van der Waals surface area contributed by atoms with Crippen LogP contribution in [0, 0.1) is 5.92 Å². The van der Waals surface area contributed by atoms with E-state index >= 15 is 0 Å². The number of fused-ring (bicyclic) bond motifs is 1. The molecule has 0 saturated carbocycles. The SMILES string of the molecule is O=C(CCS)NC([Si])[C@@H](Cc1c[nH]c2ccccc12)C(=O)O. The highest BCUT2D eigenvalue weighted by atomic mass is 32.1. The van der Waals surface area contributed by atoms with Gasteiger partial charge in [-0.2, -0.15) is 12.6 Å². The van der Waals surface area contributed by atoms with E-state index in [0.29, 0.717) is 12.2 Å². The summed E-state index contributed by atoms with van der Waals surface area (Å²) in [5.74, 6) is -1.53. The van der Waals surface area contributed by atoms with E-state index in [-0.39, 0.29) is 12.3 Å². The van der Waals surface area contributed by atoms with Crippen molar-refractivity contribution in [1.82, 2.24) is 10.3 Å². The molecule has 0 aliphatic rings. The first-order valence-electron chi connectivity index (χ1n) is 6.92. The highest BCUT2D eigenvalue weighted by Gasteiger charge is 2.27. The van der Waals surface area contributed by atoms with Crippen LogP contribution in [-0.4, -0.2) is 43.6 Å². The minimum Gasteiger partial charge on any atom is -0.481 e. The predicted molar refractivity (Wildman–Crippen MR) is 89.3 cm³/mol. The Morgan fingerprint density at radius 1 is 1.36 bits per heavy atom. The summed E-state index contributed by atoms with van der Waals surface area (Å²) in [7, 11) is 3.33. The van der Waals surface area contributed by atoms with Gasteiger partial charge in [0.25, 0.3) is 0 Å². The molecule has 2 rings (SSSR count). The van der Waals surface area contributed by atoms with Crippen molar-refractivity contribution in [2.45, 2.75) is 18.5 Å². The number of carboxylic acid groups (broad SMARTS) is 1. The van der Waals surface area contributed by atoms with Crippen LogP contribution in [-0.2, 0) is 16.0 Å². The largest absolute Gasteiger partial charge is 0.481 e. The van der Waals surface area contributed by atoms with Crippen LogP contribution in [0.5, 0.6) is 0 Å². The van der Waals surface area contributed by atoms with E-state index in [4.69, 9.17) is 0 Å². The number of amides is 1. The summed E-state index contributed by atoms with van der Waals surface area (Å²) in [4.78, 5) is 26.3. The summed E-state index contributed by atoms with van der Waals surface area (Å²) < 4.78 is 0. The summed E-state index contributed by atoms with van der Waals surface area (Å²) >= 11 is 3.99. The van der Waals surface area contributed by atoms with Gasteiger partial charge in [0, 0.05) is 29.2 Å². The van der Waals surface area contributed by atoms with Gasteiger partial charge >= 0.3 is 5.97 Å². The molecule has 3 radical (unpaired) electrons. The molecule has 22 heavy (non-hydrogen) atoms. The Labute approximate surface area is 137 Å². The number of hydrogen-bond acceptors (Lipinski definition) is 3. The fraction of sp³-hybridized carbons (Fsp3) is 0.333.